The highest BCUT2D eigenvalue weighted by Crippen LogP contribution is 2.49. The predicted molar refractivity (Wildman–Crippen MR) is 64.8 cm³/mol. The van der Waals surface area contributed by atoms with Crippen molar-refractivity contribution in [3.05, 3.63) is 12.7 Å². The van der Waals surface area contributed by atoms with Gasteiger partial charge in [-0.05, 0) is 5.04 Å². The average molecular weight is 267 g/mol. The molecule has 0 aliphatic carbocycles. The summed E-state index contributed by atoms with van der Waals surface area (Å²) in [5, 5.41) is 0.0499. The molecule has 0 saturated heterocycles. The van der Waals surface area contributed by atoms with Crippen molar-refractivity contribution in [1.82, 2.24) is 0 Å². The lowest BCUT2D eigenvalue weighted by atomic mass is 10.2. The van der Waals surface area contributed by atoms with E-state index in [4.69, 9.17) is 0 Å². The SMILES string of the molecule is C=CCC(F)(Br)[Si](C)(C)C(C)(C)C. The molecule has 0 rings (SSSR count). The van der Waals surface area contributed by atoms with Crippen molar-refractivity contribution < 1.29 is 4.39 Å². The molecule has 0 aromatic heterocycles. The summed E-state index contributed by atoms with van der Waals surface area (Å²) in [5.41, 5.74) is 0. The van der Waals surface area contributed by atoms with E-state index in [-0.39, 0.29) is 5.04 Å². The Morgan fingerprint density at radius 2 is 1.77 bits per heavy atom. The van der Waals surface area contributed by atoms with Gasteiger partial charge in [0, 0.05) is 6.42 Å². The van der Waals surface area contributed by atoms with Crippen LogP contribution in [0, 0.1) is 0 Å². The Hall–Kier alpha value is 0.367. The van der Waals surface area contributed by atoms with Crippen LogP contribution in [0.4, 0.5) is 4.39 Å². The maximum atomic E-state index is 14.3. The smallest absolute Gasteiger partial charge is 0.155 e. The summed E-state index contributed by atoms with van der Waals surface area (Å²) in [6, 6.07) is 0. The normalized spacial score (nSPS) is 18.1. The highest BCUT2D eigenvalue weighted by atomic mass is 79.9. The highest BCUT2D eigenvalue weighted by molar-refractivity contribution is 9.10. The third-order valence-electron chi connectivity index (χ3n) is 3.19. The van der Waals surface area contributed by atoms with Gasteiger partial charge < -0.3 is 0 Å². The molecule has 0 bridgehead atoms. The fraction of sp³-hybridized carbons (Fsp3) is 0.800. The fourth-order valence-corrected chi connectivity index (χ4v) is 4.75. The molecule has 0 spiro atoms. The molecule has 0 saturated carbocycles. The third kappa shape index (κ3) is 2.66. The Morgan fingerprint density at radius 1 is 1.38 bits per heavy atom. The van der Waals surface area contributed by atoms with E-state index in [9.17, 15) is 4.39 Å². The van der Waals surface area contributed by atoms with Crippen LogP contribution in [0.5, 0.6) is 0 Å². The van der Waals surface area contributed by atoms with Crippen molar-refractivity contribution >= 4 is 24.0 Å². The zero-order valence-corrected chi connectivity index (χ0v) is 11.8. The van der Waals surface area contributed by atoms with Crippen LogP contribution in [0.3, 0.4) is 0 Å². The Kier molecular flexibility index (Phi) is 3.96. The van der Waals surface area contributed by atoms with Gasteiger partial charge in [-0.15, -0.1) is 6.58 Å². The molecule has 0 amide bonds. The molecule has 0 nitrogen and oxygen atoms in total. The van der Waals surface area contributed by atoms with Crippen LogP contribution in [-0.2, 0) is 0 Å². The molecule has 0 fully saturated rings. The van der Waals surface area contributed by atoms with Gasteiger partial charge in [0.25, 0.3) is 0 Å². The molecule has 0 aliphatic heterocycles. The molecular formula is C10H20BrFSi. The number of allylic oxidation sites excluding steroid dienone is 1. The molecule has 0 heterocycles. The van der Waals surface area contributed by atoms with E-state index in [2.05, 4.69) is 56.4 Å². The third-order valence-corrected chi connectivity index (χ3v) is 12.3. The van der Waals surface area contributed by atoms with E-state index in [1.807, 2.05) is 0 Å². The van der Waals surface area contributed by atoms with Crippen LogP contribution in [0.2, 0.25) is 18.1 Å². The Labute approximate surface area is 90.7 Å². The highest BCUT2D eigenvalue weighted by Gasteiger charge is 2.51. The van der Waals surface area contributed by atoms with Gasteiger partial charge in [0.15, 0.2) is 4.20 Å². The second-order valence-corrected chi connectivity index (χ2v) is 12.6. The minimum absolute atomic E-state index is 0.0499. The zero-order valence-electron chi connectivity index (χ0n) is 9.25. The van der Waals surface area contributed by atoms with Crippen molar-refractivity contribution in [1.29, 1.82) is 0 Å². The maximum absolute atomic E-state index is 14.3. The minimum Gasteiger partial charge on any atom is -0.235 e. The number of rotatable bonds is 3. The Bertz CT molecular complexity index is 192. The number of alkyl halides is 2. The summed E-state index contributed by atoms with van der Waals surface area (Å²) in [6.07, 6.45) is 2.04. The summed E-state index contributed by atoms with van der Waals surface area (Å²) in [5.74, 6) is 0. The summed E-state index contributed by atoms with van der Waals surface area (Å²) in [6.45, 7) is 14.1. The quantitative estimate of drug-likeness (QED) is 0.396. The first-order valence-corrected chi connectivity index (χ1v) is 8.34. The van der Waals surface area contributed by atoms with Crippen LogP contribution in [0.25, 0.3) is 0 Å². The Morgan fingerprint density at radius 3 is 2.00 bits per heavy atom. The van der Waals surface area contributed by atoms with Gasteiger partial charge in [-0.25, -0.2) is 4.39 Å². The van der Waals surface area contributed by atoms with E-state index < -0.39 is 12.3 Å². The minimum atomic E-state index is -1.97. The summed E-state index contributed by atoms with van der Waals surface area (Å²) in [7, 11) is -1.97. The van der Waals surface area contributed by atoms with Gasteiger partial charge in [-0.3, -0.25) is 0 Å². The van der Waals surface area contributed by atoms with Crippen LogP contribution < -0.4 is 0 Å². The van der Waals surface area contributed by atoms with Gasteiger partial charge in [0.05, 0.1) is 0 Å². The van der Waals surface area contributed by atoms with Crippen molar-refractivity contribution in [2.45, 2.75) is 49.5 Å². The van der Waals surface area contributed by atoms with Crippen LogP contribution in [0.15, 0.2) is 12.7 Å². The van der Waals surface area contributed by atoms with Gasteiger partial charge in [0.2, 0.25) is 0 Å². The molecule has 0 aromatic rings. The van der Waals surface area contributed by atoms with Crippen molar-refractivity contribution in [2.24, 2.45) is 0 Å². The molecule has 3 heteroatoms. The van der Waals surface area contributed by atoms with Crippen molar-refractivity contribution in [3.8, 4) is 0 Å². The molecule has 78 valence electrons. The number of hydrogen-bond acceptors (Lipinski definition) is 0. The van der Waals surface area contributed by atoms with Gasteiger partial charge >= 0.3 is 0 Å². The summed E-state index contributed by atoms with van der Waals surface area (Å²) < 4.78 is 13.0. The topological polar surface area (TPSA) is 0 Å². The van der Waals surface area contributed by atoms with Gasteiger partial charge in [-0.1, -0.05) is 55.9 Å². The second-order valence-electron chi connectivity index (χ2n) is 5.07. The zero-order chi connectivity index (χ0) is 10.9. The lowest BCUT2D eigenvalue weighted by Gasteiger charge is -2.44. The molecule has 0 aromatic carbocycles. The molecule has 0 radical (unpaired) electrons. The Balaban J connectivity index is 4.91. The van der Waals surface area contributed by atoms with Crippen molar-refractivity contribution in [3.63, 3.8) is 0 Å². The van der Waals surface area contributed by atoms with E-state index in [1.165, 1.54) is 0 Å². The molecule has 1 unspecified atom stereocenters. The first-order valence-electron chi connectivity index (χ1n) is 4.55. The lowest BCUT2D eigenvalue weighted by Crippen LogP contribution is -2.53. The van der Waals surface area contributed by atoms with Gasteiger partial charge in [-0.2, -0.15) is 0 Å². The monoisotopic (exact) mass is 266 g/mol. The predicted octanol–water partition coefficient (Wildman–Crippen LogP) is 4.67. The first-order chi connectivity index (χ1) is 5.56. The molecule has 0 aliphatic rings. The van der Waals surface area contributed by atoms with Crippen molar-refractivity contribution in [2.75, 3.05) is 0 Å². The summed E-state index contributed by atoms with van der Waals surface area (Å²) in [4.78, 5) is 0. The second kappa shape index (κ2) is 3.85. The number of hydrogen-bond donors (Lipinski definition) is 0. The molecular weight excluding hydrogens is 247 g/mol. The van der Waals surface area contributed by atoms with Gasteiger partial charge in [0.1, 0.15) is 8.07 Å². The van der Waals surface area contributed by atoms with Crippen LogP contribution in [0.1, 0.15) is 27.2 Å². The van der Waals surface area contributed by atoms with Crippen LogP contribution in [-0.4, -0.2) is 12.3 Å². The van der Waals surface area contributed by atoms with E-state index in [0.717, 1.165) is 0 Å². The molecule has 0 N–H and O–H groups in total. The van der Waals surface area contributed by atoms with E-state index in [0.29, 0.717) is 6.42 Å². The number of halogens is 2. The largest absolute Gasteiger partial charge is 0.235 e. The standard InChI is InChI=1S/C10H20BrFSi/c1-7-8-10(11,12)13(5,6)9(2,3)4/h7H,1,8H2,2-6H3. The fourth-order valence-electron chi connectivity index (χ4n) is 0.985. The molecule has 13 heavy (non-hydrogen) atoms. The molecule has 1 atom stereocenters. The summed E-state index contributed by atoms with van der Waals surface area (Å²) >= 11 is 3.22. The maximum Gasteiger partial charge on any atom is 0.155 e. The van der Waals surface area contributed by atoms with E-state index in [1.54, 1.807) is 6.08 Å². The lowest BCUT2D eigenvalue weighted by molar-refractivity contribution is 0.383. The average Bonchev–Trinajstić information content (AvgIpc) is 1.84. The van der Waals surface area contributed by atoms with E-state index >= 15 is 0 Å². The van der Waals surface area contributed by atoms with Crippen LogP contribution >= 0.6 is 15.9 Å². The first kappa shape index (κ1) is 13.4.